The molecule has 1 aromatic rings. The Morgan fingerprint density at radius 2 is 1.55 bits per heavy atom. The van der Waals surface area contributed by atoms with E-state index in [-0.39, 0.29) is 0 Å². The van der Waals surface area contributed by atoms with Gasteiger partial charge in [-0.25, -0.2) is 13.1 Å². The minimum Gasteiger partial charge on any atom is -0.348 e. The Morgan fingerprint density at radius 3 is 2.09 bits per heavy atom. The van der Waals surface area contributed by atoms with Crippen molar-refractivity contribution >= 4 is 10.0 Å². The lowest BCUT2D eigenvalue weighted by Gasteiger charge is -2.41. The summed E-state index contributed by atoms with van der Waals surface area (Å²) in [5.74, 6) is -0.477. The molecule has 1 aromatic carbocycles. The van der Waals surface area contributed by atoms with Crippen LogP contribution in [0.1, 0.15) is 38.2 Å². The average Bonchev–Trinajstić information content (AvgIpc) is 2.92. The van der Waals surface area contributed by atoms with E-state index in [2.05, 4.69) is 4.72 Å². The van der Waals surface area contributed by atoms with E-state index in [9.17, 15) is 8.42 Å². The Balaban J connectivity index is 1.70. The summed E-state index contributed by atoms with van der Waals surface area (Å²) in [6.07, 6.45) is 2.86. The fourth-order valence-electron chi connectivity index (χ4n) is 3.17. The van der Waals surface area contributed by atoms with Crippen LogP contribution in [0.3, 0.4) is 0 Å². The third-order valence-electron chi connectivity index (χ3n) is 4.64. The zero-order chi connectivity index (χ0) is 15.8. The van der Waals surface area contributed by atoms with Crippen LogP contribution in [0.25, 0.3) is 0 Å². The van der Waals surface area contributed by atoms with Gasteiger partial charge in [-0.2, -0.15) is 0 Å². The molecule has 1 N–H and O–H groups in total. The lowest BCUT2D eigenvalue weighted by Crippen LogP contribution is -2.52. The van der Waals surface area contributed by atoms with Crippen LogP contribution in [0.4, 0.5) is 0 Å². The summed E-state index contributed by atoms with van der Waals surface area (Å²) in [4.78, 5) is 0.313. The van der Waals surface area contributed by atoms with Gasteiger partial charge in [0.25, 0.3) is 0 Å². The van der Waals surface area contributed by atoms with E-state index in [0.717, 1.165) is 18.4 Å². The number of ether oxygens (including phenoxy) is 2. The molecule has 1 spiro atoms. The normalized spacial score (nSPS) is 23.7. The molecule has 0 aromatic heterocycles. The summed E-state index contributed by atoms with van der Waals surface area (Å²) in [6.45, 7) is 5.16. The van der Waals surface area contributed by atoms with Crippen LogP contribution in [0.15, 0.2) is 29.2 Å². The van der Waals surface area contributed by atoms with Crippen LogP contribution in [-0.4, -0.2) is 33.0 Å². The van der Waals surface area contributed by atoms with Gasteiger partial charge >= 0.3 is 0 Å². The number of benzene rings is 1. The summed E-state index contributed by atoms with van der Waals surface area (Å²) in [5, 5.41) is 0. The second-order valence-electron chi connectivity index (χ2n) is 6.59. The van der Waals surface area contributed by atoms with Crippen molar-refractivity contribution in [2.45, 2.75) is 55.8 Å². The average molecular weight is 325 g/mol. The summed E-state index contributed by atoms with van der Waals surface area (Å²) >= 11 is 0. The van der Waals surface area contributed by atoms with Crippen LogP contribution >= 0.6 is 0 Å². The second kappa shape index (κ2) is 5.60. The molecule has 5 nitrogen and oxygen atoms in total. The highest BCUT2D eigenvalue weighted by Crippen LogP contribution is 2.40. The fourth-order valence-corrected chi connectivity index (χ4v) is 4.64. The highest BCUT2D eigenvalue weighted by molar-refractivity contribution is 7.89. The van der Waals surface area contributed by atoms with Crippen molar-refractivity contribution in [2.24, 2.45) is 0 Å². The van der Waals surface area contributed by atoms with Crippen molar-refractivity contribution in [2.75, 3.05) is 13.2 Å². The third-order valence-corrected chi connectivity index (χ3v) is 6.30. The third kappa shape index (κ3) is 3.20. The Hall–Kier alpha value is -0.950. The molecule has 1 aliphatic heterocycles. The van der Waals surface area contributed by atoms with Crippen molar-refractivity contribution in [1.29, 1.82) is 0 Å². The van der Waals surface area contributed by atoms with Gasteiger partial charge in [0.05, 0.1) is 18.1 Å². The summed E-state index contributed by atoms with van der Waals surface area (Å²) in [7, 11) is -3.50. The number of hydrogen-bond acceptors (Lipinski definition) is 4. The van der Waals surface area contributed by atoms with E-state index in [1.165, 1.54) is 0 Å². The Bertz CT molecular complexity index is 623. The standard InChI is InChI=1S/C16H23NO4S/c1-13-3-5-14(6-4-13)22(18,19)17-15(2)7-9-16(10-8-15)20-11-12-21-16/h3-6,17H,7-12H2,1-2H3. The molecule has 3 rings (SSSR count). The maximum absolute atomic E-state index is 12.6. The van der Waals surface area contributed by atoms with Gasteiger partial charge in [-0.3, -0.25) is 0 Å². The van der Waals surface area contributed by atoms with E-state index in [1.54, 1.807) is 12.1 Å². The van der Waals surface area contributed by atoms with Gasteiger partial charge in [0.15, 0.2) is 5.79 Å². The van der Waals surface area contributed by atoms with Gasteiger partial charge in [0.2, 0.25) is 10.0 Å². The quantitative estimate of drug-likeness (QED) is 0.926. The molecule has 0 atom stereocenters. The summed E-state index contributed by atoms with van der Waals surface area (Å²) < 4.78 is 39.4. The molecule has 2 aliphatic rings. The van der Waals surface area contributed by atoms with Crippen LogP contribution in [0.5, 0.6) is 0 Å². The number of sulfonamides is 1. The van der Waals surface area contributed by atoms with Crippen molar-refractivity contribution in [3.8, 4) is 0 Å². The smallest absolute Gasteiger partial charge is 0.241 e. The first-order valence-electron chi connectivity index (χ1n) is 7.71. The van der Waals surface area contributed by atoms with Crippen molar-refractivity contribution in [3.63, 3.8) is 0 Å². The molecule has 2 fully saturated rings. The lowest BCUT2D eigenvalue weighted by atomic mass is 9.81. The van der Waals surface area contributed by atoms with Gasteiger partial charge < -0.3 is 9.47 Å². The minimum atomic E-state index is -3.50. The topological polar surface area (TPSA) is 64.6 Å². The molecule has 0 bridgehead atoms. The van der Waals surface area contributed by atoms with Gasteiger partial charge in [0, 0.05) is 18.4 Å². The maximum atomic E-state index is 12.6. The molecule has 1 saturated carbocycles. The largest absolute Gasteiger partial charge is 0.348 e. The highest BCUT2D eigenvalue weighted by atomic mass is 32.2. The van der Waals surface area contributed by atoms with E-state index in [4.69, 9.17) is 9.47 Å². The fraction of sp³-hybridized carbons (Fsp3) is 0.625. The predicted octanol–water partition coefficient (Wildman–Crippen LogP) is 2.35. The zero-order valence-electron chi connectivity index (χ0n) is 13.1. The Morgan fingerprint density at radius 1 is 1.00 bits per heavy atom. The lowest BCUT2D eigenvalue weighted by molar-refractivity contribution is -0.184. The Labute approximate surface area is 132 Å². The highest BCUT2D eigenvalue weighted by Gasteiger charge is 2.45. The predicted molar refractivity (Wildman–Crippen MR) is 83.0 cm³/mol. The first-order valence-corrected chi connectivity index (χ1v) is 9.20. The van der Waals surface area contributed by atoms with Crippen molar-refractivity contribution in [3.05, 3.63) is 29.8 Å². The van der Waals surface area contributed by atoms with Crippen molar-refractivity contribution < 1.29 is 17.9 Å². The number of aryl methyl sites for hydroxylation is 1. The van der Waals surface area contributed by atoms with Crippen LogP contribution < -0.4 is 4.72 Å². The van der Waals surface area contributed by atoms with E-state index in [0.29, 0.717) is 31.0 Å². The summed E-state index contributed by atoms with van der Waals surface area (Å²) in [5.41, 5.74) is 0.588. The molecule has 0 amide bonds. The van der Waals surface area contributed by atoms with Gasteiger partial charge in [-0.15, -0.1) is 0 Å². The monoisotopic (exact) mass is 325 g/mol. The zero-order valence-corrected chi connectivity index (χ0v) is 13.9. The molecule has 122 valence electrons. The van der Waals surface area contributed by atoms with Crippen LogP contribution in [-0.2, 0) is 19.5 Å². The minimum absolute atomic E-state index is 0.313. The van der Waals surface area contributed by atoms with E-state index < -0.39 is 21.3 Å². The Kier molecular flexibility index (Phi) is 4.05. The van der Waals surface area contributed by atoms with E-state index >= 15 is 0 Å². The molecule has 6 heteroatoms. The molecule has 1 saturated heterocycles. The molecule has 0 radical (unpaired) electrons. The van der Waals surface area contributed by atoms with Gasteiger partial charge in [-0.1, -0.05) is 17.7 Å². The molecule has 0 unspecified atom stereocenters. The van der Waals surface area contributed by atoms with Gasteiger partial charge in [-0.05, 0) is 38.8 Å². The SMILES string of the molecule is Cc1ccc(S(=O)(=O)NC2(C)CCC3(CC2)OCCO3)cc1. The van der Waals surface area contributed by atoms with Crippen molar-refractivity contribution in [1.82, 2.24) is 4.72 Å². The summed E-state index contributed by atoms with van der Waals surface area (Å²) in [6, 6.07) is 6.92. The number of nitrogens with one attached hydrogen (secondary N) is 1. The second-order valence-corrected chi connectivity index (χ2v) is 8.27. The molecule has 1 aliphatic carbocycles. The van der Waals surface area contributed by atoms with Gasteiger partial charge in [0.1, 0.15) is 0 Å². The first kappa shape index (κ1) is 15.9. The molecule has 22 heavy (non-hydrogen) atoms. The van der Waals surface area contributed by atoms with E-state index in [1.807, 2.05) is 26.0 Å². The first-order chi connectivity index (χ1) is 10.3. The number of hydrogen-bond donors (Lipinski definition) is 1. The maximum Gasteiger partial charge on any atom is 0.241 e. The molecule has 1 heterocycles. The van der Waals surface area contributed by atoms with Crippen LogP contribution in [0, 0.1) is 6.92 Å². The molecular weight excluding hydrogens is 302 g/mol. The molecular formula is C16H23NO4S. The number of rotatable bonds is 3. The van der Waals surface area contributed by atoms with Crippen LogP contribution in [0.2, 0.25) is 0 Å².